The molecule has 0 amide bonds. The van der Waals surface area contributed by atoms with Crippen molar-refractivity contribution in [2.24, 2.45) is 7.05 Å². The lowest BCUT2D eigenvalue weighted by Gasteiger charge is -2.02. The van der Waals surface area contributed by atoms with Crippen molar-refractivity contribution in [3.8, 4) is 5.75 Å². The number of H-pyrrole nitrogens is 1. The molecule has 1 aromatic carbocycles. The van der Waals surface area contributed by atoms with Gasteiger partial charge in [-0.1, -0.05) is 12.1 Å². The van der Waals surface area contributed by atoms with Crippen molar-refractivity contribution in [1.29, 1.82) is 0 Å². The number of aromatic amines is 1. The molecule has 0 saturated heterocycles. The molecule has 0 radical (unpaired) electrons. The molecule has 4 nitrogen and oxygen atoms in total. The number of rotatable bonds is 4. The van der Waals surface area contributed by atoms with Gasteiger partial charge in [0.1, 0.15) is 24.6 Å². The molecule has 0 fully saturated rings. The van der Waals surface area contributed by atoms with Gasteiger partial charge in [-0.2, -0.15) is 0 Å². The molecule has 4 heteroatoms. The molecule has 2 rings (SSSR count). The molecule has 88 valence electrons. The first kappa shape index (κ1) is 11.4. The highest BCUT2D eigenvalue weighted by atomic mass is 16.5. The van der Waals surface area contributed by atoms with Crippen LogP contribution in [-0.2, 0) is 13.5 Å². The number of Topliss-reactive ketones (excluding diaryl/α,β-unsaturated/α-hetero) is 1. The van der Waals surface area contributed by atoms with Crippen molar-refractivity contribution in [2.75, 3.05) is 7.11 Å². The summed E-state index contributed by atoms with van der Waals surface area (Å²) >= 11 is 0. The summed E-state index contributed by atoms with van der Waals surface area (Å²) in [5, 5.41) is 0. The van der Waals surface area contributed by atoms with Crippen LogP contribution < -0.4 is 9.30 Å². The van der Waals surface area contributed by atoms with E-state index >= 15 is 0 Å². The number of nitrogens with zero attached hydrogens (tertiary/aromatic N) is 1. The molecule has 1 heterocycles. The number of carbonyl (C=O) groups excluding carboxylic acids is 1. The van der Waals surface area contributed by atoms with Gasteiger partial charge in [-0.3, -0.25) is 4.79 Å². The van der Waals surface area contributed by atoms with E-state index in [-0.39, 0.29) is 5.78 Å². The number of benzene rings is 1. The van der Waals surface area contributed by atoms with Crippen LogP contribution in [0.2, 0.25) is 0 Å². The number of carbonyl (C=O) groups is 1. The van der Waals surface area contributed by atoms with Crippen molar-refractivity contribution in [1.82, 2.24) is 4.98 Å². The Labute approximate surface area is 99.9 Å². The van der Waals surface area contributed by atoms with Crippen molar-refractivity contribution in [3.05, 3.63) is 48.0 Å². The van der Waals surface area contributed by atoms with Crippen LogP contribution in [0.4, 0.5) is 0 Å². The second-order valence-corrected chi connectivity index (χ2v) is 3.85. The van der Waals surface area contributed by atoms with Gasteiger partial charge in [-0.05, 0) is 12.1 Å². The summed E-state index contributed by atoms with van der Waals surface area (Å²) in [5.74, 6) is 1.66. The van der Waals surface area contributed by atoms with E-state index in [1.807, 2.05) is 36.1 Å². The van der Waals surface area contributed by atoms with Gasteiger partial charge in [-0.15, -0.1) is 0 Å². The van der Waals surface area contributed by atoms with E-state index in [2.05, 4.69) is 4.98 Å². The Bertz CT molecular complexity index is 532. The Balaban J connectivity index is 2.17. The Hall–Kier alpha value is -2.10. The Morgan fingerprint density at radius 1 is 1.47 bits per heavy atom. The van der Waals surface area contributed by atoms with Gasteiger partial charge in [0.2, 0.25) is 0 Å². The first-order valence-corrected chi connectivity index (χ1v) is 5.40. The summed E-state index contributed by atoms with van der Waals surface area (Å²) in [5.41, 5.74) is 0.666. The third-order valence-electron chi connectivity index (χ3n) is 2.69. The van der Waals surface area contributed by atoms with E-state index in [9.17, 15) is 4.79 Å². The molecule has 0 aliphatic rings. The van der Waals surface area contributed by atoms with E-state index < -0.39 is 0 Å². The first-order valence-electron chi connectivity index (χ1n) is 5.40. The van der Waals surface area contributed by atoms with Crippen LogP contribution in [0.25, 0.3) is 0 Å². The molecule has 0 aliphatic carbocycles. The highest BCUT2D eigenvalue weighted by Crippen LogP contribution is 2.13. The van der Waals surface area contributed by atoms with Crippen molar-refractivity contribution < 1.29 is 14.1 Å². The first-order chi connectivity index (χ1) is 8.20. The van der Waals surface area contributed by atoms with E-state index in [0.717, 1.165) is 5.82 Å². The lowest BCUT2D eigenvalue weighted by Crippen LogP contribution is -2.31. The summed E-state index contributed by atoms with van der Waals surface area (Å²) in [4.78, 5) is 15.1. The molecule has 0 spiro atoms. The Kier molecular flexibility index (Phi) is 3.23. The number of ketones is 1. The summed E-state index contributed by atoms with van der Waals surface area (Å²) in [7, 11) is 3.50. The standard InChI is InChI=1S/C13H14N2O2/c1-15-7-6-14-13(15)9-12(16)10-4-3-5-11(8-10)17-2/h3-8H,9H2,1-2H3/p+1. The number of aryl methyl sites for hydroxylation is 1. The molecule has 17 heavy (non-hydrogen) atoms. The monoisotopic (exact) mass is 231 g/mol. The smallest absolute Gasteiger partial charge is 0.261 e. The largest absolute Gasteiger partial charge is 0.497 e. The van der Waals surface area contributed by atoms with Gasteiger partial charge >= 0.3 is 0 Å². The fraction of sp³-hybridized carbons (Fsp3) is 0.231. The van der Waals surface area contributed by atoms with E-state index in [0.29, 0.717) is 17.7 Å². The highest BCUT2D eigenvalue weighted by molar-refractivity contribution is 5.97. The zero-order valence-corrected chi connectivity index (χ0v) is 9.93. The Morgan fingerprint density at radius 2 is 2.29 bits per heavy atom. The van der Waals surface area contributed by atoms with Crippen LogP contribution in [0.5, 0.6) is 5.75 Å². The van der Waals surface area contributed by atoms with Crippen LogP contribution >= 0.6 is 0 Å². The molecule has 0 atom stereocenters. The lowest BCUT2D eigenvalue weighted by atomic mass is 10.1. The van der Waals surface area contributed by atoms with Gasteiger partial charge in [0.15, 0.2) is 5.78 Å². The zero-order chi connectivity index (χ0) is 12.3. The second kappa shape index (κ2) is 4.82. The number of hydrogen-bond acceptors (Lipinski definition) is 2. The number of aromatic nitrogens is 2. The fourth-order valence-corrected chi connectivity index (χ4v) is 1.66. The molecular weight excluding hydrogens is 216 g/mol. The summed E-state index contributed by atoms with van der Waals surface area (Å²) in [6.07, 6.45) is 4.05. The maximum Gasteiger partial charge on any atom is 0.261 e. The quantitative estimate of drug-likeness (QED) is 0.636. The van der Waals surface area contributed by atoms with Gasteiger partial charge in [0.25, 0.3) is 5.82 Å². The minimum absolute atomic E-state index is 0.0713. The van der Waals surface area contributed by atoms with E-state index in [1.165, 1.54) is 0 Å². The van der Waals surface area contributed by atoms with Gasteiger partial charge in [-0.25, -0.2) is 9.55 Å². The van der Waals surface area contributed by atoms with E-state index in [1.54, 1.807) is 19.2 Å². The normalized spacial score (nSPS) is 10.2. The molecule has 1 N–H and O–H groups in total. The molecule has 0 saturated carbocycles. The second-order valence-electron chi connectivity index (χ2n) is 3.85. The van der Waals surface area contributed by atoms with Gasteiger partial charge in [0.05, 0.1) is 14.2 Å². The predicted molar refractivity (Wildman–Crippen MR) is 63.0 cm³/mol. The van der Waals surface area contributed by atoms with Gasteiger partial charge < -0.3 is 4.74 Å². The average Bonchev–Trinajstić information content (AvgIpc) is 2.75. The third kappa shape index (κ3) is 2.53. The van der Waals surface area contributed by atoms with Crippen molar-refractivity contribution in [2.45, 2.75) is 6.42 Å². The molecule has 0 bridgehead atoms. The highest BCUT2D eigenvalue weighted by Gasteiger charge is 2.14. The minimum atomic E-state index is 0.0713. The topological polar surface area (TPSA) is 46.0 Å². The van der Waals surface area contributed by atoms with E-state index in [4.69, 9.17) is 4.74 Å². The molecule has 0 unspecified atom stereocenters. The molecular formula is C13H15N2O2+. The molecule has 2 aromatic rings. The zero-order valence-electron chi connectivity index (χ0n) is 9.93. The number of methoxy groups -OCH3 is 1. The molecule has 1 aromatic heterocycles. The van der Waals surface area contributed by atoms with Crippen molar-refractivity contribution in [3.63, 3.8) is 0 Å². The number of nitrogens with one attached hydrogen (secondary N) is 1. The van der Waals surface area contributed by atoms with Crippen LogP contribution in [-0.4, -0.2) is 17.9 Å². The lowest BCUT2D eigenvalue weighted by molar-refractivity contribution is -0.677. The summed E-state index contributed by atoms with van der Waals surface area (Å²) in [6.45, 7) is 0. The Morgan fingerprint density at radius 3 is 2.94 bits per heavy atom. The molecule has 0 aliphatic heterocycles. The average molecular weight is 231 g/mol. The fourth-order valence-electron chi connectivity index (χ4n) is 1.66. The minimum Gasteiger partial charge on any atom is -0.497 e. The van der Waals surface area contributed by atoms with Crippen LogP contribution in [0.15, 0.2) is 36.7 Å². The third-order valence-corrected chi connectivity index (χ3v) is 2.69. The maximum absolute atomic E-state index is 12.0. The number of hydrogen-bond donors (Lipinski definition) is 1. The maximum atomic E-state index is 12.0. The van der Waals surface area contributed by atoms with Gasteiger partial charge in [0, 0.05) is 5.56 Å². The number of ether oxygens (including phenoxy) is 1. The summed E-state index contributed by atoms with van der Waals surface area (Å²) in [6, 6.07) is 7.20. The predicted octanol–water partition coefficient (Wildman–Crippen LogP) is 1.27. The van der Waals surface area contributed by atoms with Crippen molar-refractivity contribution >= 4 is 5.78 Å². The number of imidazole rings is 1. The van der Waals surface area contributed by atoms with Crippen LogP contribution in [0, 0.1) is 0 Å². The van der Waals surface area contributed by atoms with Crippen LogP contribution in [0.1, 0.15) is 16.2 Å². The van der Waals surface area contributed by atoms with Crippen LogP contribution in [0.3, 0.4) is 0 Å². The SMILES string of the molecule is COc1cccc(C(=O)Cc2[nH]cc[n+]2C)c1. The summed E-state index contributed by atoms with van der Waals surface area (Å²) < 4.78 is 7.00.